The Bertz CT molecular complexity index is 706. The molecule has 7 heteroatoms. The van der Waals surface area contributed by atoms with Crippen LogP contribution in [0.1, 0.15) is 52.8 Å². The van der Waals surface area contributed by atoms with Crippen LogP contribution in [0.25, 0.3) is 0 Å². The van der Waals surface area contributed by atoms with E-state index in [1.165, 1.54) is 18.2 Å². The smallest absolute Gasteiger partial charge is 0.258 e. The standard InChI is InChI=1S/C14H16N2O4S/c17-13-11-7-6-10(8-12(11)14(18)15-13)21(19,20)16-9-4-2-1-3-5-9/h6-9,16H,1-5H2,(H,15,17,18). The van der Waals surface area contributed by atoms with Gasteiger partial charge in [0.15, 0.2) is 0 Å². The van der Waals surface area contributed by atoms with Crippen LogP contribution in [-0.2, 0) is 10.0 Å². The van der Waals surface area contributed by atoms with Crippen molar-refractivity contribution in [2.75, 3.05) is 0 Å². The fourth-order valence-electron chi connectivity index (χ4n) is 2.82. The second kappa shape index (κ2) is 5.23. The first-order chi connectivity index (χ1) is 9.97. The van der Waals surface area contributed by atoms with Gasteiger partial charge in [0, 0.05) is 6.04 Å². The largest absolute Gasteiger partial charge is 0.288 e. The number of hydrogen-bond acceptors (Lipinski definition) is 4. The normalized spacial score (nSPS) is 19.4. The van der Waals surface area contributed by atoms with Gasteiger partial charge in [0.1, 0.15) is 0 Å². The van der Waals surface area contributed by atoms with Gasteiger partial charge < -0.3 is 0 Å². The molecule has 1 fully saturated rings. The highest BCUT2D eigenvalue weighted by atomic mass is 32.2. The van der Waals surface area contributed by atoms with Gasteiger partial charge >= 0.3 is 0 Å². The number of fused-ring (bicyclic) bond motifs is 1. The minimum Gasteiger partial charge on any atom is -0.288 e. The molecule has 2 aliphatic rings. The van der Waals surface area contributed by atoms with E-state index in [1.54, 1.807) is 0 Å². The van der Waals surface area contributed by atoms with E-state index in [9.17, 15) is 18.0 Å². The Morgan fingerprint density at radius 1 is 1.00 bits per heavy atom. The second-order valence-electron chi connectivity index (χ2n) is 5.45. The highest BCUT2D eigenvalue weighted by Crippen LogP contribution is 2.23. The van der Waals surface area contributed by atoms with Crippen molar-refractivity contribution in [2.24, 2.45) is 0 Å². The highest BCUT2D eigenvalue weighted by Gasteiger charge is 2.29. The molecule has 2 amide bonds. The Morgan fingerprint density at radius 2 is 1.67 bits per heavy atom. The Balaban J connectivity index is 1.87. The van der Waals surface area contributed by atoms with Crippen molar-refractivity contribution in [1.82, 2.24) is 10.0 Å². The summed E-state index contributed by atoms with van der Waals surface area (Å²) in [4.78, 5) is 23.1. The average molecular weight is 308 g/mol. The number of hydrogen-bond donors (Lipinski definition) is 2. The van der Waals surface area contributed by atoms with Gasteiger partial charge in [-0.1, -0.05) is 19.3 Å². The molecular weight excluding hydrogens is 292 g/mol. The maximum Gasteiger partial charge on any atom is 0.258 e. The average Bonchev–Trinajstić information content (AvgIpc) is 2.74. The van der Waals surface area contributed by atoms with E-state index in [2.05, 4.69) is 10.0 Å². The van der Waals surface area contributed by atoms with Crippen molar-refractivity contribution in [3.63, 3.8) is 0 Å². The number of carbonyl (C=O) groups excluding carboxylic acids is 2. The summed E-state index contributed by atoms with van der Waals surface area (Å²) < 4.78 is 27.4. The van der Waals surface area contributed by atoms with E-state index in [4.69, 9.17) is 0 Å². The fourth-order valence-corrected chi connectivity index (χ4v) is 4.15. The third kappa shape index (κ3) is 2.71. The van der Waals surface area contributed by atoms with Crippen LogP contribution >= 0.6 is 0 Å². The molecule has 1 aliphatic carbocycles. The third-order valence-electron chi connectivity index (χ3n) is 3.94. The summed E-state index contributed by atoms with van der Waals surface area (Å²) in [5, 5.41) is 2.15. The summed E-state index contributed by atoms with van der Waals surface area (Å²) in [5.74, 6) is -1.04. The molecule has 2 N–H and O–H groups in total. The molecule has 1 aliphatic heterocycles. The Morgan fingerprint density at radius 3 is 2.38 bits per heavy atom. The van der Waals surface area contributed by atoms with Crippen molar-refractivity contribution in [1.29, 1.82) is 0 Å². The molecule has 0 radical (unpaired) electrons. The van der Waals surface area contributed by atoms with Crippen LogP contribution in [0.4, 0.5) is 0 Å². The van der Waals surface area contributed by atoms with E-state index in [-0.39, 0.29) is 22.1 Å². The lowest BCUT2D eigenvalue weighted by molar-refractivity contribution is 0.0879. The molecule has 1 aromatic rings. The maximum absolute atomic E-state index is 12.4. The van der Waals surface area contributed by atoms with Gasteiger partial charge in [-0.25, -0.2) is 13.1 Å². The minimum absolute atomic E-state index is 0.0247. The molecule has 112 valence electrons. The number of benzene rings is 1. The van der Waals surface area contributed by atoms with Crippen LogP contribution in [0.15, 0.2) is 23.1 Å². The second-order valence-corrected chi connectivity index (χ2v) is 7.16. The van der Waals surface area contributed by atoms with Crippen LogP contribution < -0.4 is 10.0 Å². The number of nitrogens with one attached hydrogen (secondary N) is 2. The van der Waals surface area contributed by atoms with Crippen molar-refractivity contribution in [3.05, 3.63) is 29.3 Å². The van der Waals surface area contributed by atoms with Crippen molar-refractivity contribution in [2.45, 2.75) is 43.0 Å². The number of sulfonamides is 1. The molecular formula is C14H16N2O4S. The van der Waals surface area contributed by atoms with E-state index in [1.807, 2.05) is 0 Å². The van der Waals surface area contributed by atoms with Crippen molar-refractivity contribution in [3.8, 4) is 0 Å². The zero-order chi connectivity index (χ0) is 15.0. The first-order valence-corrected chi connectivity index (χ1v) is 8.48. The zero-order valence-electron chi connectivity index (χ0n) is 11.4. The molecule has 6 nitrogen and oxygen atoms in total. The van der Waals surface area contributed by atoms with E-state index in [0.717, 1.165) is 32.1 Å². The lowest BCUT2D eigenvalue weighted by atomic mass is 9.96. The SMILES string of the molecule is O=C1NC(=O)c2cc(S(=O)(=O)NC3CCCCC3)ccc21. The molecule has 0 aromatic heterocycles. The monoisotopic (exact) mass is 308 g/mol. The predicted octanol–water partition coefficient (Wildman–Crippen LogP) is 1.18. The van der Waals surface area contributed by atoms with Crippen LogP contribution in [0.5, 0.6) is 0 Å². The zero-order valence-corrected chi connectivity index (χ0v) is 12.2. The summed E-state index contributed by atoms with van der Waals surface area (Å²) in [6.07, 6.45) is 4.86. The van der Waals surface area contributed by atoms with E-state index >= 15 is 0 Å². The third-order valence-corrected chi connectivity index (χ3v) is 5.46. The molecule has 1 saturated carbocycles. The molecule has 21 heavy (non-hydrogen) atoms. The van der Waals surface area contributed by atoms with E-state index < -0.39 is 21.8 Å². The molecule has 0 saturated heterocycles. The van der Waals surface area contributed by atoms with Gasteiger partial charge in [0.25, 0.3) is 11.8 Å². The summed E-state index contributed by atoms with van der Waals surface area (Å²) in [6, 6.07) is 3.96. The first-order valence-electron chi connectivity index (χ1n) is 6.99. The fraction of sp³-hybridized carbons (Fsp3) is 0.429. The molecule has 0 spiro atoms. The summed E-state index contributed by atoms with van der Waals surface area (Å²) >= 11 is 0. The van der Waals surface area contributed by atoms with Crippen LogP contribution in [0, 0.1) is 0 Å². The quantitative estimate of drug-likeness (QED) is 0.820. The van der Waals surface area contributed by atoms with Crippen LogP contribution in [0.2, 0.25) is 0 Å². The Hall–Kier alpha value is -1.73. The number of imide groups is 1. The minimum atomic E-state index is -3.66. The van der Waals surface area contributed by atoms with Crippen LogP contribution in [-0.4, -0.2) is 26.3 Å². The van der Waals surface area contributed by atoms with Gasteiger partial charge in [0.05, 0.1) is 16.0 Å². The number of amides is 2. The maximum atomic E-state index is 12.4. The summed E-state index contributed by atoms with van der Waals surface area (Å²) in [6.45, 7) is 0. The molecule has 0 unspecified atom stereocenters. The highest BCUT2D eigenvalue weighted by molar-refractivity contribution is 7.89. The first kappa shape index (κ1) is 14.2. The van der Waals surface area contributed by atoms with Crippen molar-refractivity contribution < 1.29 is 18.0 Å². The van der Waals surface area contributed by atoms with Gasteiger partial charge in [-0.2, -0.15) is 0 Å². The molecule has 1 heterocycles. The molecule has 0 atom stereocenters. The van der Waals surface area contributed by atoms with Gasteiger partial charge in [0.2, 0.25) is 10.0 Å². The Labute approximate surface area is 123 Å². The Kier molecular flexibility index (Phi) is 3.54. The van der Waals surface area contributed by atoms with Gasteiger partial charge in [-0.15, -0.1) is 0 Å². The summed E-state index contributed by atoms with van der Waals surface area (Å²) in [5.41, 5.74) is 0.336. The lowest BCUT2D eigenvalue weighted by Gasteiger charge is -2.22. The molecule has 0 bridgehead atoms. The number of rotatable bonds is 3. The van der Waals surface area contributed by atoms with Gasteiger partial charge in [-0.3, -0.25) is 14.9 Å². The topological polar surface area (TPSA) is 92.3 Å². The lowest BCUT2D eigenvalue weighted by Crippen LogP contribution is -2.36. The molecule has 1 aromatic carbocycles. The van der Waals surface area contributed by atoms with Gasteiger partial charge in [-0.05, 0) is 31.0 Å². The molecule has 3 rings (SSSR count). The van der Waals surface area contributed by atoms with E-state index in [0.29, 0.717) is 0 Å². The predicted molar refractivity (Wildman–Crippen MR) is 75.4 cm³/mol. The van der Waals surface area contributed by atoms with Crippen molar-refractivity contribution >= 4 is 21.8 Å². The summed E-state index contributed by atoms with van der Waals surface area (Å²) in [7, 11) is -3.66. The van der Waals surface area contributed by atoms with Crippen LogP contribution in [0.3, 0.4) is 0 Å². The number of carbonyl (C=O) groups is 2.